The molecule has 1 aromatic carbocycles. The Labute approximate surface area is 123 Å². The van der Waals surface area contributed by atoms with E-state index in [-0.39, 0.29) is 10.8 Å². The minimum atomic E-state index is 0.183. The van der Waals surface area contributed by atoms with Gasteiger partial charge in [0.2, 0.25) is 0 Å². The van der Waals surface area contributed by atoms with Crippen LogP contribution in [0.25, 0.3) is 11.1 Å². The van der Waals surface area contributed by atoms with Crippen LogP contribution in [0, 0.1) is 0 Å². The predicted octanol–water partition coefficient (Wildman–Crippen LogP) is 5.17. The van der Waals surface area contributed by atoms with Crippen LogP contribution in [0.3, 0.4) is 0 Å². The summed E-state index contributed by atoms with van der Waals surface area (Å²) >= 11 is 23.7. The fourth-order valence-electron chi connectivity index (χ4n) is 1.52. The van der Waals surface area contributed by atoms with Gasteiger partial charge in [0, 0.05) is 16.1 Å². The van der Waals surface area contributed by atoms with E-state index in [4.69, 9.17) is 46.4 Å². The zero-order chi connectivity index (χ0) is 13.3. The summed E-state index contributed by atoms with van der Waals surface area (Å²) in [4.78, 5) is 14.9. The van der Waals surface area contributed by atoms with Crippen LogP contribution < -0.4 is 0 Å². The summed E-state index contributed by atoms with van der Waals surface area (Å²) in [6, 6.07) is 6.36. The molecule has 2 nitrogen and oxygen atoms in total. The molecule has 0 unspecified atom stereocenters. The highest BCUT2D eigenvalue weighted by Crippen LogP contribution is 2.37. The molecular formula is C12H5Cl4NO. The fraction of sp³-hybridized carbons (Fsp3) is 0. The Morgan fingerprint density at radius 3 is 2.39 bits per heavy atom. The number of carbonyl (C=O) groups is 1. The quantitative estimate of drug-likeness (QED) is 0.434. The second-order valence-electron chi connectivity index (χ2n) is 3.43. The van der Waals surface area contributed by atoms with E-state index in [1.54, 1.807) is 18.2 Å². The van der Waals surface area contributed by atoms with Gasteiger partial charge in [0.25, 0.3) is 0 Å². The third kappa shape index (κ3) is 2.62. The lowest BCUT2D eigenvalue weighted by atomic mass is 10.0. The van der Waals surface area contributed by atoms with Crippen molar-refractivity contribution < 1.29 is 4.79 Å². The molecule has 18 heavy (non-hydrogen) atoms. The van der Waals surface area contributed by atoms with Crippen LogP contribution in [-0.4, -0.2) is 11.3 Å². The Bertz CT molecular complexity index is 628. The predicted molar refractivity (Wildman–Crippen MR) is 75.1 cm³/mol. The summed E-state index contributed by atoms with van der Waals surface area (Å²) < 4.78 is 0. The van der Waals surface area contributed by atoms with Gasteiger partial charge in [0.1, 0.15) is 10.8 Å². The first-order chi connectivity index (χ1) is 8.52. The number of hydrogen-bond acceptors (Lipinski definition) is 2. The third-order valence-corrected chi connectivity index (χ3v) is 3.52. The lowest BCUT2D eigenvalue weighted by Crippen LogP contribution is -1.93. The van der Waals surface area contributed by atoms with Crippen molar-refractivity contribution in [2.45, 2.75) is 0 Å². The summed E-state index contributed by atoms with van der Waals surface area (Å²) in [6.07, 6.45) is 0.604. The summed E-state index contributed by atoms with van der Waals surface area (Å²) in [5.41, 5.74) is 1.26. The maximum atomic E-state index is 11.0. The smallest absolute Gasteiger partial charge is 0.169 e. The molecule has 1 heterocycles. The van der Waals surface area contributed by atoms with Crippen LogP contribution in [0.1, 0.15) is 10.5 Å². The van der Waals surface area contributed by atoms with Gasteiger partial charge in [0.15, 0.2) is 6.29 Å². The van der Waals surface area contributed by atoms with Crippen LogP contribution in [0.2, 0.25) is 20.2 Å². The molecule has 0 radical (unpaired) electrons. The molecule has 1 aromatic heterocycles. The van der Waals surface area contributed by atoms with Crippen LogP contribution in [0.15, 0.2) is 24.3 Å². The number of nitrogens with zero attached hydrogens (tertiary/aromatic N) is 1. The van der Waals surface area contributed by atoms with E-state index < -0.39 is 0 Å². The molecule has 2 rings (SSSR count). The molecule has 0 atom stereocenters. The fourth-order valence-corrected chi connectivity index (χ4v) is 2.38. The van der Waals surface area contributed by atoms with Gasteiger partial charge in [-0.05, 0) is 24.3 Å². The molecule has 0 saturated carbocycles. The van der Waals surface area contributed by atoms with Gasteiger partial charge in [-0.15, -0.1) is 0 Å². The Kier molecular flexibility index (Phi) is 4.13. The first kappa shape index (κ1) is 13.6. The van der Waals surface area contributed by atoms with Crippen LogP contribution in [-0.2, 0) is 0 Å². The lowest BCUT2D eigenvalue weighted by molar-refractivity contribution is 0.111. The van der Waals surface area contributed by atoms with Crippen molar-refractivity contribution in [3.05, 3.63) is 50.2 Å². The van der Waals surface area contributed by atoms with Gasteiger partial charge in [-0.3, -0.25) is 4.79 Å². The molecule has 0 aliphatic heterocycles. The zero-order valence-corrected chi connectivity index (χ0v) is 11.8. The average molecular weight is 321 g/mol. The number of benzene rings is 1. The van der Waals surface area contributed by atoms with Crippen molar-refractivity contribution in [2.75, 3.05) is 0 Å². The number of pyridine rings is 1. The van der Waals surface area contributed by atoms with Gasteiger partial charge in [0.05, 0.1) is 10.0 Å². The number of aldehydes is 1. The molecule has 2 aromatic rings. The molecule has 92 valence electrons. The Morgan fingerprint density at radius 2 is 1.72 bits per heavy atom. The van der Waals surface area contributed by atoms with Crippen LogP contribution in [0.5, 0.6) is 0 Å². The summed E-state index contributed by atoms with van der Waals surface area (Å²) in [5.74, 6) is 0. The van der Waals surface area contributed by atoms with E-state index in [1.807, 2.05) is 0 Å². The molecule has 6 heteroatoms. The zero-order valence-electron chi connectivity index (χ0n) is 8.75. The molecule has 0 N–H and O–H groups in total. The van der Waals surface area contributed by atoms with E-state index in [9.17, 15) is 4.79 Å². The van der Waals surface area contributed by atoms with Gasteiger partial charge >= 0.3 is 0 Å². The topological polar surface area (TPSA) is 30.0 Å². The van der Waals surface area contributed by atoms with Crippen molar-refractivity contribution in [1.82, 2.24) is 4.98 Å². The monoisotopic (exact) mass is 319 g/mol. The second kappa shape index (κ2) is 5.45. The standard InChI is InChI=1S/C12H5Cl4NO/c13-6-3-8(12(16)9(14)4-6)7-1-2-11(15)17-10(7)5-18/h1-5H. The second-order valence-corrected chi connectivity index (χ2v) is 5.04. The van der Waals surface area contributed by atoms with E-state index in [1.165, 1.54) is 6.07 Å². The molecule has 0 amide bonds. The highest BCUT2D eigenvalue weighted by molar-refractivity contribution is 6.45. The average Bonchev–Trinajstić information content (AvgIpc) is 2.34. The normalized spacial score (nSPS) is 10.4. The Morgan fingerprint density at radius 1 is 1.00 bits per heavy atom. The molecule has 0 aliphatic rings. The van der Waals surface area contributed by atoms with Gasteiger partial charge in [-0.2, -0.15) is 0 Å². The highest BCUT2D eigenvalue weighted by Gasteiger charge is 2.13. The lowest BCUT2D eigenvalue weighted by Gasteiger charge is -2.09. The van der Waals surface area contributed by atoms with Crippen molar-refractivity contribution >= 4 is 52.7 Å². The summed E-state index contributed by atoms with van der Waals surface area (Å²) in [7, 11) is 0. The maximum absolute atomic E-state index is 11.0. The van der Waals surface area contributed by atoms with E-state index in [0.29, 0.717) is 32.5 Å². The van der Waals surface area contributed by atoms with Crippen LogP contribution in [0.4, 0.5) is 0 Å². The third-order valence-electron chi connectivity index (χ3n) is 2.29. The minimum absolute atomic E-state index is 0.183. The van der Waals surface area contributed by atoms with E-state index >= 15 is 0 Å². The molecule has 0 aliphatic carbocycles. The SMILES string of the molecule is O=Cc1nc(Cl)ccc1-c1cc(Cl)cc(Cl)c1Cl. The molecule has 0 spiro atoms. The molecule has 0 bridgehead atoms. The summed E-state index contributed by atoms with van der Waals surface area (Å²) in [5, 5.41) is 1.27. The van der Waals surface area contributed by atoms with Crippen molar-refractivity contribution in [1.29, 1.82) is 0 Å². The maximum Gasteiger partial charge on any atom is 0.169 e. The Balaban J connectivity index is 2.72. The number of carbonyl (C=O) groups excluding carboxylic acids is 1. The first-order valence-electron chi connectivity index (χ1n) is 4.79. The number of aromatic nitrogens is 1. The first-order valence-corrected chi connectivity index (χ1v) is 6.30. The van der Waals surface area contributed by atoms with Crippen LogP contribution >= 0.6 is 46.4 Å². The van der Waals surface area contributed by atoms with Crippen molar-refractivity contribution in [3.8, 4) is 11.1 Å². The minimum Gasteiger partial charge on any atom is -0.296 e. The van der Waals surface area contributed by atoms with Gasteiger partial charge < -0.3 is 0 Å². The molecule has 0 fully saturated rings. The highest BCUT2D eigenvalue weighted by atomic mass is 35.5. The van der Waals surface area contributed by atoms with E-state index in [0.717, 1.165) is 0 Å². The van der Waals surface area contributed by atoms with E-state index in [2.05, 4.69) is 4.98 Å². The number of hydrogen-bond donors (Lipinski definition) is 0. The van der Waals surface area contributed by atoms with Gasteiger partial charge in [-0.25, -0.2) is 4.98 Å². The van der Waals surface area contributed by atoms with Crippen molar-refractivity contribution in [3.63, 3.8) is 0 Å². The summed E-state index contributed by atoms with van der Waals surface area (Å²) in [6.45, 7) is 0. The van der Waals surface area contributed by atoms with Crippen molar-refractivity contribution in [2.24, 2.45) is 0 Å². The molecular weight excluding hydrogens is 316 g/mol. The number of halogens is 4. The van der Waals surface area contributed by atoms with Gasteiger partial charge in [-0.1, -0.05) is 46.4 Å². The number of rotatable bonds is 2. The molecule has 0 saturated heterocycles. The Hall–Kier alpha value is -0.800. The largest absolute Gasteiger partial charge is 0.296 e.